The summed E-state index contributed by atoms with van der Waals surface area (Å²) in [6, 6.07) is 16.6. The zero-order valence-corrected chi connectivity index (χ0v) is 15.6. The fourth-order valence-corrected chi connectivity index (χ4v) is 6.90. The fourth-order valence-electron chi connectivity index (χ4n) is 2.66. The Bertz CT molecular complexity index is 749. The molecule has 120 valence electrons. The number of hydrogen-bond donors (Lipinski definition) is 0. The van der Waals surface area contributed by atoms with Crippen LogP contribution in [0.1, 0.15) is 13.8 Å². The number of benzene rings is 2. The molecule has 0 unspecified atom stereocenters. The molecule has 6 heteroatoms. The first-order valence-corrected chi connectivity index (χ1v) is 10.9. The van der Waals surface area contributed by atoms with Crippen molar-refractivity contribution in [3.05, 3.63) is 48.5 Å². The summed E-state index contributed by atoms with van der Waals surface area (Å²) in [4.78, 5) is 2.37. The molecule has 4 rings (SSSR count). The van der Waals surface area contributed by atoms with Crippen molar-refractivity contribution in [2.45, 2.75) is 23.6 Å². The predicted octanol–water partition coefficient (Wildman–Crippen LogP) is 5.59. The van der Waals surface area contributed by atoms with E-state index >= 15 is 0 Å². The van der Waals surface area contributed by atoms with Crippen LogP contribution in [0.4, 0.5) is 11.4 Å². The van der Waals surface area contributed by atoms with Crippen LogP contribution in [-0.2, 0) is 20.9 Å². The van der Waals surface area contributed by atoms with E-state index in [0.717, 1.165) is 11.4 Å². The van der Waals surface area contributed by atoms with Gasteiger partial charge in [-0.25, -0.2) is 0 Å². The van der Waals surface area contributed by atoms with E-state index in [4.69, 9.17) is 20.9 Å². The molecule has 0 amide bonds. The summed E-state index contributed by atoms with van der Waals surface area (Å²) in [6.07, 6.45) is 0. The van der Waals surface area contributed by atoms with E-state index in [9.17, 15) is 0 Å². The molecule has 0 bridgehead atoms. The SMILES string of the molecule is CC1(C)COP(=S)(N2c3ccccc3Sc3ccccc32)OC1. The van der Waals surface area contributed by atoms with Crippen LogP contribution in [0.25, 0.3) is 0 Å². The summed E-state index contributed by atoms with van der Waals surface area (Å²) >= 11 is 7.68. The summed E-state index contributed by atoms with van der Waals surface area (Å²) < 4.78 is 14.4. The van der Waals surface area contributed by atoms with Gasteiger partial charge in [-0.3, -0.25) is 4.67 Å². The van der Waals surface area contributed by atoms with Crippen LogP contribution >= 0.6 is 18.4 Å². The van der Waals surface area contributed by atoms with E-state index < -0.39 is 6.64 Å². The third-order valence-corrected chi connectivity index (χ3v) is 7.97. The molecule has 2 heterocycles. The van der Waals surface area contributed by atoms with Crippen molar-refractivity contribution >= 4 is 41.6 Å². The first-order valence-electron chi connectivity index (χ1n) is 7.54. The number of hydrogen-bond acceptors (Lipinski definition) is 4. The maximum atomic E-state index is 6.15. The van der Waals surface area contributed by atoms with Crippen molar-refractivity contribution in [1.82, 2.24) is 0 Å². The van der Waals surface area contributed by atoms with Crippen LogP contribution in [0.3, 0.4) is 0 Å². The second kappa shape index (κ2) is 5.61. The minimum Gasteiger partial charge on any atom is -0.313 e. The largest absolute Gasteiger partial charge is 0.313 e. The Hall–Kier alpha value is -0.840. The van der Waals surface area contributed by atoms with Gasteiger partial charge in [0, 0.05) is 15.2 Å². The third kappa shape index (κ3) is 2.75. The van der Waals surface area contributed by atoms with Crippen molar-refractivity contribution in [1.29, 1.82) is 0 Å². The van der Waals surface area contributed by atoms with Gasteiger partial charge in [-0.05, 0) is 36.1 Å². The van der Waals surface area contributed by atoms with Crippen molar-refractivity contribution in [3.63, 3.8) is 0 Å². The monoisotopic (exact) mass is 363 g/mol. The molecular formula is C17H18NO2PS2. The lowest BCUT2D eigenvalue weighted by molar-refractivity contribution is 0.0601. The molecule has 1 fully saturated rings. The third-order valence-electron chi connectivity index (χ3n) is 3.89. The Morgan fingerprint density at radius 1 is 0.957 bits per heavy atom. The zero-order valence-electron chi connectivity index (χ0n) is 13.1. The predicted molar refractivity (Wildman–Crippen MR) is 99.1 cm³/mol. The molecule has 0 radical (unpaired) electrons. The average Bonchev–Trinajstić information content (AvgIpc) is 2.55. The van der Waals surface area contributed by atoms with Gasteiger partial charge in [0.05, 0.1) is 24.6 Å². The van der Waals surface area contributed by atoms with Gasteiger partial charge in [-0.15, -0.1) is 0 Å². The van der Waals surface area contributed by atoms with Gasteiger partial charge < -0.3 is 9.05 Å². The smallest absolute Gasteiger partial charge is 0.294 e. The zero-order chi connectivity index (χ0) is 16.1. The molecule has 23 heavy (non-hydrogen) atoms. The maximum absolute atomic E-state index is 6.15. The highest BCUT2D eigenvalue weighted by Gasteiger charge is 2.41. The van der Waals surface area contributed by atoms with E-state index in [1.807, 2.05) is 12.1 Å². The van der Waals surface area contributed by atoms with Gasteiger partial charge in [0.25, 0.3) is 6.64 Å². The Kier molecular flexibility index (Phi) is 3.82. The van der Waals surface area contributed by atoms with Crippen LogP contribution in [0, 0.1) is 5.41 Å². The molecule has 0 aromatic heterocycles. The number of anilines is 2. The van der Waals surface area contributed by atoms with Crippen LogP contribution in [-0.4, -0.2) is 13.2 Å². The molecule has 0 spiro atoms. The summed E-state index contributed by atoms with van der Waals surface area (Å²) in [6.45, 7) is 2.94. The molecule has 2 aliphatic heterocycles. The highest BCUT2D eigenvalue weighted by Crippen LogP contribution is 2.65. The topological polar surface area (TPSA) is 21.7 Å². The van der Waals surface area contributed by atoms with E-state index in [-0.39, 0.29) is 5.41 Å². The molecule has 3 nitrogen and oxygen atoms in total. The second-order valence-corrected chi connectivity index (χ2v) is 10.9. The van der Waals surface area contributed by atoms with Crippen LogP contribution in [0.15, 0.2) is 58.3 Å². The Labute approximate surface area is 146 Å². The highest BCUT2D eigenvalue weighted by molar-refractivity contribution is 8.11. The first kappa shape index (κ1) is 15.7. The van der Waals surface area contributed by atoms with E-state index in [2.05, 4.69) is 54.9 Å². The van der Waals surface area contributed by atoms with Crippen molar-refractivity contribution in [3.8, 4) is 0 Å². The number of para-hydroxylation sites is 2. The fraction of sp³-hybridized carbons (Fsp3) is 0.294. The standard InChI is InChI=1S/C17H18NO2PS2/c1-17(2)11-19-21(22,20-12-17)18-13-7-3-5-9-15(13)23-16-10-6-4-8-14(16)18/h3-10H,11-12H2,1-2H3. The Morgan fingerprint density at radius 3 is 1.96 bits per heavy atom. The van der Waals surface area contributed by atoms with Crippen LogP contribution in [0.2, 0.25) is 0 Å². The lowest BCUT2D eigenvalue weighted by Gasteiger charge is -2.44. The number of nitrogens with zero attached hydrogens (tertiary/aromatic N) is 1. The van der Waals surface area contributed by atoms with E-state index in [1.165, 1.54) is 9.79 Å². The average molecular weight is 363 g/mol. The quantitative estimate of drug-likeness (QED) is 0.614. The van der Waals surface area contributed by atoms with Gasteiger partial charge in [0.15, 0.2) is 0 Å². The minimum atomic E-state index is -2.58. The van der Waals surface area contributed by atoms with E-state index in [1.54, 1.807) is 11.8 Å². The van der Waals surface area contributed by atoms with Crippen LogP contribution in [0.5, 0.6) is 0 Å². The Balaban J connectivity index is 1.84. The minimum absolute atomic E-state index is 0.00584. The lowest BCUT2D eigenvalue weighted by Crippen LogP contribution is -2.34. The second-order valence-electron chi connectivity index (χ2n) is 6.53. The summed E-state index contributed by atoms with van der Waals surface area (Å²) in [5.74, 6) is 0. The molecule has 0 aliphatic carbocycles. The maximum Gasteiger partial charge on any atom is 0.294 e. The molecule has 0 saturated carbocycles. The van der Waals surface area contributed by atoms with Gasteiger partial charge >= 0.3 is 0 Å². The molecule has 0 atom stereocenters. The van der Waals surface area contributed by atoms with Crippen LogP contribution < -0.4 is 4.67 Å². The molecule has 2 aliphatic rings. The molecule has 2 aromatic rings. The van der Waals surface area contributed by atoms with Crippen molar-refractivity contribution in [2.24, 2.45) is 5.41 Å². The normalized spacial score (nSPS) is 21.4. The lowest BCUT2D eigenvalue weighted by atomic mass is 9.97. The molecule has 1 saturated heterocycles. The van der Waals surface area contributed by atoms with Gasteiger partial charge in [-0.2, -0.15) is 0 Å². The van der Waals surface area contributed by atoms with Crippen molar-refractivity contribution < 1.29 is 9.05 Å². The molecular weight excluding hydrogens is 345 g/mol. The molecule has 0 N–H and O–H groups in total. The summed E-state index contributed by atoms with van der Waals surface area (Å²) in [7, 11) is 0. The van der Waals surface area contributed by atoms with E-state index in [0.29, 0.717) is 13.2 Å². The van der Waals surface area contributed by atoms with Gasteiger partial charge in [0.1, 0.15) is 0 Å². The van der Waals surface area contributed by atoms with Crippen molar-refractivity contribution in [2.75, 3.05) is 17.9 Å². The number of fused-ring (bicyclic) bond motifs is 2. The Morgan fingerprint density at radius 2 is 1.43 bits per heavy atom. The number of rotatable bonds is 1. The highest BCUT2D eigenvalue weighted by atomic mass is 32.5. The van der Waals surface area contributed by atoms with Gasteiger partial charge in [0.2, 0.25) is 0 Å². The molecule has 2 aromatic carbocycles. The first-order chi connectivity index (χ1) is 11.0. The summed E-state index contributed by atoms with van der Waals surface area (Å²) in [5, 5.41) is 0. The van der Waals surface area contributed by atoms with Gasteiger partial charge in [-0.1, -0.05) is 49.9 Å². The summed E-state index contributed by atoms with van der Waals surface area (Å²) in [5.41, 5.74) is 2.17.